The monoisotopic (exact) mass is 251 g/mol. The number of nitrogens with two attached hydrogens (primary N) is 1. The van der Waals surface area contributed by atoms with Gasteiger partial charge in [0.05, 0.1) is 14.2 Å². The Morgan fingerprint density at radius 2 is 1.78 bits per heavy atom. The molecule has 0 fully saturated rings. The molecular weight excluding hydrogens is 226 g/mol. The molecule has 102 valence electrons. The van der Waals surface area contributed by atoms with E-state index < -0.39 is 0 Å². The smallest absolute Gasteiger partial charge is 0.163 e. The highest BCUT2D eigenvalue weighted by atomic mass is 16.5. The summed E-state index contributed by atoms with van der Waals surface area (Å²) < 4.78 is 10.9. The highest BCUT2D eigenvalue weighted by Crippen LogP contribution is 2.37. The van der Waals surface area contributed by atoms with Crippen LogP contribution >= 0.6 is 0 Å². The summed E-state index contributed by atoms with van der Waals surface area (Å²) in [4.78, 5) is 0. The van der Waals surface area contributed by atoms with Crippen LogP contribution in [0, 0.1) is 0 Å². The van der Waals surface area contributed by atoms with Gasteiger partial charge in [0.2, 0.25) is 0 Å². The number of hydrogen-bond donors (Lipinski definition) is 1. The molecule has 3 nitrogen and oxygen atoms in total. The first-order valence-electron chi connectivity index (χ1n) is 6.30. The van der Waals surface area contributed by atoms with Gasteiger partial charge in [-0.05, 0) is 36.0 Å². The molecule has 2 N–H and O–H groups in total. The van der Waals surface area contributed by atoms with E-state index in [1.807, 2.05) is 13.0 Å². The van der Waals surface area contributed by atoms with Crippen LogP contribution in [0.5, 0.6) is 11.5 Å². The van der Waals surface area contributed by atoms with Crippen molar-refractivity contribution in [3.8, 4) is 11.5 Å². The normalized spacial score (nSPS) is 13.3. The van der Waals surface area contributed by atoms with E-state index in [0.29, 0.717) is 0 Å². The van der Waals surface area contributed by atoms with Crippen molar-refractivity contribution >= 4 is 0 Å². The van der Waals surface area contributed by atoms with Crippen molar-refractivity contribution in [3.05, 3.63) is 23.3 Å². The Labute approximate surface area is 110 Å². The second-order valence-electron chi connectivity index (χ2n) is 5.80. The van der Waals surface area contributed by atoms with Gasteiger partial charge >= 0.3 is 0 Å². The Hall–Kier alpha value is -1.22. The predicted octanol–water partition coefficient (Wildman–Crippen LogP) is 2.89. The fourth-order valence-electron chi connectivity index (χ4n) is 1.97. The zero-order valence-corrected chi connectivity index (χ0v) is 12.3. The molecule has 3 heteroatoms. The average Bonchev–Trinajstić information content (AvgIpc) is 2.25. The molecule has 0 aliphatic heterocycles. The van der Waals surface area contributed by atoms with Crippen LogP contribution in [-0.4, -0.2) is 20.3 Å². The Morgan fingerprint density at radius 1 is 1.17 bits per heavy atom. The highest BCUT2D eigenvalue weighted by Gasteiger charge is 2.20. The number of methoxy groups -OCH3 is 2. The summed E-state index contributed by atoms with van der Waals surface area (Å²) in [5.41, 5.74) is 8.32. The van der Waals surface area contributed by atoms with E-state index in [-0.39, 0.29) is 11.5 Å². The molecule has 0 aliphatic rings. The average molecular weight is 251 g/mol. The van der Waals surface area contributed by atoms with Crippen LogP contribution in [0.4, 0.5) is 0 Å². The molecule has 1 unspecified atom stereocenters. The first-order valence-corrected chi connectivity index (χ1v) is 6.30. The minimum absolute atomic E-state index is 0.0755. The summed E-state index contributed by atoms with van der Waals surface area (Å²) in [6.45, 7) is 8.55. The van der Waals surface area contributed by atoms with E-state index in [0.717, 1.165) is 23.5 Å². The third-order valence-corrected chi connectivity index (χ3v) is 2.96. The first-order chi connectivity index (χ1) is 8.29. The lowest BCUT2D eigenvalue weighted by molar-refractivity contribution is 0.349. The van der Waals surface area contributed by atoms with Gasteiger partial charge in [-0.3, -0.25) is 0 Å². The lowest BCUT2D eigenvalue weighted by Gasteiger charge is -2.23. The molecule has 0 radical (unpaired) electrons. The Bertz CT molecular complexity index is 406. The summed E-state index contributed by atoms with van der Waals surface area (Å²) >= 11 is 0. The Kier molecular flexibility index (Phi) is 4.63. The van der Waals surface area contributed by atoms with Crippen LogP contribution in [0.25, 0.3) is 0 Å². The van der Waals surface area contributed by atoms with Crippen molar-refractivity contribution < 1.29 is 9.47 Å². The quantitative estimate of drug-likeness (QED) is 0.895. The molecule has 0 heterocycles. The zero-order chi connectivity index (χ0) is 13.9. The molecule has 1 aromatic carbocycles. The van der Waals surface area contributed by atoms with E-state index in [1.165, 1.54) is 5.56 Å². The molecule has 0 amide bonds. The molecule has 0 aliphatic carbocycles. The van der Waals surface area contributed by atoms with E-state index in [2.05, 4.69) is 26.8 Å². The Balaban J connectivity index is 3.36. The molecule has 0 saturated heterocycles. The summed E-state index contributed by atoms with van der Waals surface area (Å²) in [6.07, 6.45) is 0.781. The van der Waals surface area contributed by atoms with Gasteiger partial charge in [0.1, 0.15) is 0 Å². The van der Waals surface area contributed by atoms with Crippen molar-refractivity contribution in [1.82, 2.24) is 0 Å². The van der Waals surface area contributed by atoms with Gasteiger partial charge in [0.15, 0.2) is 11.5 Å². The number of hydrogen-bond acceptors (Lipinski definition) is 3. The lowest BCUT2D eigenvalue weighted by Crippen LogP contribution is -2.19. The molecule has 0 bridgehead atoms. The maximum absolute atomic E-state index is 5.90. The van der Waals surface area contributed by atoms with Crippen molar-refractivity contribution in [1.29, 1.82) is 0 Å². The largest absolute Gasteiger partial charge is 0.493 e. The maximum Gasteiger partial charge on any atom is 0.163 e. The highest BCUT2D eigenvalue weighted by molar-refractivity contribution is 5.51. The van der Waals surface area contributed by atoms with Gasteiger partial charge in [-0.1, -0.05) is 26.8 Å². The van der Waals surface area contributed by atoms with Crippen LogP contribution in [-0.2, 0) is 11.8 Å². The van der Waals surface area contributed by atoms with Crippen LogP contribution in [0.3, 0.4) is 0 Å². The van der Waals surface area contributed by atoms with Gasteiger partial charge in [-0.25, -0.2) is 0 Å². The number of benzene rings is 1. The fraction of sp³-hybridized carbons (Fsp3) is 0.600. The minimum Gasteiger partial charge on any atom is -0.493 e. The second kappa shape index (κ2) is 5.61. The SMILES string of the molecule is COc1cc(C(C)(C)C)cc(CC(C)N)c1OC. The van der Waals surface area contributed by atoms with Crippen molar-refractivity contribution in [3.63, 3.8) is 0 Å². The predicted molar refractivity (Wildman–Crippen MR) is 75.6 cm³/mol. The summed E-state index contributed by atoms with van der Waals surface area (Å²) in [6, 6.07) is 4.31. The van der Waals surface area contributed by atoms with E-state index in [9.17, 15) is 0 Å². The molecule has 18 heavy (non-hydrogen) atoms. The summed E-state index contributed by atoms with van der Waals surface area (Å²) in [5, 5.41) is 0. The third-order valence-electron chi connectivity index (χ3n) is 2.96. The van der Waals surface area contributed by atoms with Crippen LogP contribution in [0.2, 0.25) is 0 Å². The van der Waals surface area contributed by atoms with E-state index in [1.54, 1.807) is 14.2 Å². The van der Waals surface area contributed by atoms with Crippen LogP contribution in [0.15, 0.2) is 12.1 Å². The van der Waals surface area contributed by atoms with Gasteiger partial charge < -0.3 is 15.2 Å². The standard InChI is InChI=1S/C15H25NO2/c1-10(16)7-11-8-12(15(2,3)4)9-13(17-5)14(11)18-6/h8-10H,7,16H2,1-6H3. The molecule has 1 rings (SSSR count). The summed E-state index contributed by atoms with van der Waals surface area (Å²) in [7, 11) is 3.33. The van der Waals surface area contributed by atoms with Crippen LogP contribution in [0.1, 0.15) is 38.8 Å². The van der Waals surface area contributed by atoms with Crippen molar-refractivity contribution in [2.75, 3.05) is 14.2 Å². The van der Waals surface area contributed by atoms with Crippen LogP contribution < -0.4 is 15.2 Å². The summed E-state index contributed by atoms with van der Waals surface area (Å²) in [5.74, 6) is 1.57. The number of rotatable bonds is 4. The minimum atomic E-state index is 0.0755. The van der Waals surface area contributed by atoms with E-state index >= 15 is 0 Å². The zero-order valence-electron chi connectivity index (χ0n) is 12.3. The van der Waals surface area contributed by atoms with Crippen molar-refractivity contribution in [2.45, 2.75) is 45.6 Å². The molecule has 1 atom stereocenters. The van der Waals surface area contributed by atoms with Gasteiger partial charge in [-0.2, -0.15) is 0 Å². The number of ether oxygens (including phenoxy) is 2. The van der Waals surface area contributed by atoms with Crippen molar-refractivity contribution in [2.24, 2.45) is 5.73 Å². The maximum atomic E-state index is 5.90. The Morgan fingerprint density at radius 3 is 2.17 bits per heavy atom. The molecule has 0 aromatic heterocycles. The third kappa shape index (κ3) is 3.39. The topological polar surface area (TPSA) is 44.5 Å². The second-order valence-corrected chi connectivity index (χ2v) is 5.80. The molecular formula is C15H25NO2. The van der Waals surface area contributed by atoms with E-state index in [4.69, 9.17) is 15.2 Å². The lowest BCUT2D eigenvalue weighted by atomic mass is 9.85. The van der Waals surface area contributed by atoms with Gasteiger partial charge in [0.25, 0.3) is 0 Å². The molecule has 0 saturated carbocycles. The van der Waals surface area contributed by atoms with Gasteiger partial charge in [0, 0.05) is 6.04 Å². The van der Waals surface area contributed by atoms with Gasteiger partial charge in [-0.15, -0.1) is 0 Å². The first kappa shape index (κ1) is 14.8. The fourth-order valence-corrected chi connectivity index (χ4v) is 1.97. The molecule has 0 spiro atoms. The molecule has 1 aromatic rings.